The maximum atomic E-state index is 12.5. The van der Waals surface area contributed by atoms with Crippen LogP contribution in [0.3, 0.4) is 0 Å². The molecule has 1 aliphatic heterocycles. The fourth-order valence-corrected chi connectivity index (χ4v) is 3.74. The molecule has 3 aromatic rings. The van der Waals surface area contributed by atoms with Crippen molar-refractivity contribution in [3.63, 3.8) is 0 Å². The third-order valence-corrected chi connectivity index (χ3v) is 5.37. The Kier molecular flexibility index (Phi) is 5.22. The summed E-state index contributed by atoms with van der Waals surface area (Å²) < 4.78 is 0.908. The number of amides is 1. The summed E-state index contributed by atoms with van der Waals surface area (Å²) in [5.74, 6) is 0.502. The normalized spacial score (nSPS) is 15.1. The number of fused-ring (bicyclic) bond motifs is 1. The SMILES string of the molecule is O=C(Nc1ccc(Cl)cn1)C1CCN(c2ccnc3cc(Br)cnc23)CC1. The van der Waals surface area contributed by atoms with Crippen molar-refractivity contribution in [2.75, 3.05) is 23.3 Å². The van der Waals surface area contributed by atoms with E-state index in [1.165, 1.54) is 6.20 Å². The van der Waals surface area contributed by atoms with Gasteiger partial charge in [-0.3, -0.25) is 14.8 Å². The monoisotopic (exact) mass is 445 g/mol. The van der Waals surface area contributed by atoms with E-state index in [0.29, 0.717) is 10.8 Å². The summed E-state index contributed by atoms with van der Waals surface area (Å²) in [6.07, 6.45) is 6.67. The topological polar surface area (TPSA) is 71.0 Å². The van der Waals surface area contributed by atoms with E-state index >= 15 is 0 Å². The van der Waals surface area contributed by atoms with Gasteiger partial charge in [0.15, 0.2) is 0 Å². The summed E-state index contributed by atoms with van der Waals surface area (Å²) in [5.41, 5.74) is 2.80. The molecule has 1 N–H and O–H groups in total. The third-order valence-electron chi connectivity index (χ3n) is 4.71. The number of rotatable bonds is 3. The van der Waals surface area contributed by atoms with Crippen molar-refractivity contribution < 1.29 is 4.79 Å². The van der Waals surface area contributed by atoms with E-state index in [0.717, 1.165) is 47.1 Å². The summed E-state index contributed by atoms with van der Waals surface area (Å²) in [5, 5.41) is 3.42. The largest absolute Gasteiger partial charge is 0.370 e. The quantitative estimate of drug-likeness (QED) is 0.650. The van der Waals surface area contributed by atoms with Gasteiger partial charge < -0.3 is 10.2 Å². The molecule has 0 atom stereocenters. The Morgan fingerprint density at radius 3 is 2.70 bits per heavy atom. The van der Waals surface area contributed by atoms with Crippen molar-refractivity contribution in [3.8, 4) is 0 Å². The maximum Gasteiger partial charge on any atom is 0.228 e. The number of nitrogens with zero attached hydrogens (tertiary/aromatic N) is 4. The molecule has 0 aliphatic carbocycles. The van der Waals surface area contributed by atoms with Crippen LogP contribution in [0.4, 0.5) is 11.5 Å². The molecule has 4 heterocycles. The molecule has 3 aromatic heterocycles. The number of hydrogen-bond donors (Lipinski definition) is 1. The van der Waals surface area contributed by atoms with Gasteiger partial charge in [0.2, 0.25) is 5.91 Å². The van der Waals surface area contributed by atoms with Crippen molar-refractivity contribution in [3.05, 3.63) is 52.4 Å². The van der Waals surface area contributed by atoms with E-state index in [4.69, 9.17) is 11.6 Å². The molecule has 0 saturated carbocycles. The van der Waals surface area contributed by atoms with Crippen LogP contribution in [0.15, 0.2) is 47.3 Å². The first-order chi connectivity index (χ1) is 13.1. The van der Waals surface area contributed by atoms with Gasteiger partial charge in [0.25, 0.3) is 0 Å². The van der Waals surface area contributed by atoms with Gasteiger partial charge in [0, 0.05) is 42.1 Å². The number of nitrogens with one attached hydrogen (secondary N) is 1. The lowest BCUT2D eigenvalue weighted by Crippen LogP contribution is -2.38. The third kappa shape index (κ3) is 4.04. The molecular weight excluding hydrogens is 430 g/mol. The highest BCUT2D eigenvalue weighted by Crippen LogP contribution is 2.29. The van der Waals surface area contributed by atoms with Crippen LogP contribution >= 0.6 is 27.5 Å². The Labute approximate surface area is 170 Å². The average molecular weight is 447 g/mol. The first-order valence-electron chi connectivity index (χ1n) is 8.68. The van der Waals surface area contributed by atoms with Crippen molar-refractivity contribution in [1.82, 2.24) is 15.0 Å². The molecule has 138 valence electrons. The van der Waals surface area contributed by atoms with Gasteiger partial charge in [0.05, 0.1) is 16.2 Å². The second-order valence-corrected chi connectivity index (χ2v) is 7.82. The summed E-state index contributed by atoms with van der Waals surface area (Å²) in [6, 6.07) is 7.38. The van der Waals surface area contributed by atoms with Crippen LogP contribution in [0.2, 0.25) is 5.02 Å². The summed E-state index contributed by atoms with van der Waals surface area (Å²) in [4.78, 5) is 27.8. The van der Waals surface area contributed by atoms with E-state index in [-0.39, 0.29) is 11.8 Å². The summed E-state index contributed by atoms with van der Waals surface area (Å²) in [6.45, 7) is 1.59. The zero-order chi connectivity index (χ0) is 18.8. The highest BCUT2D eigenvalue weighted by molar-refractivity contribution is 9.10. The molecule has 0 spiro atoms. The standard InChI is InChI=1S/C19H17BrClN5O/c20-13-9-15-18(24-10-13)16(3-6-22-15)26-7-4-12(5-8-26)19(27)25-17-2-1-14(21)11-23-17/h1-3,6,9-12H,4-5,7-8H2,(H,23,25,27). The fraction of sp³-hybridized carbons (Fsp3) is 0.263. The van der Waals surface area contributed by atoms with Gasteiger partial charge in [0.1, 0.15) is 11.3 Å². The van der Waals surface area contributed by atoms with Crippen LogP contribution in [0.5, 0.6) is 0 Å². The van der Waals surface area contributed by atoms with E-state index in [1.807, 2.05) is 12.1 Å². The number of carbonyl (C=O) groups excluding carboxylic acids is 1. The molecule has 0 bridgehead atoms. The van der Waals surface area contributed by atoms with Crippen LogP contribution in [-0.4, -0.2) is 33.9 Å². The fourth-order valence-electron chi connectivity index (χ4n) is 3.31. The lowest BCUT2D eigenvalue weighted by molar-refractivity contribution is -0.120. The second-order valence-electron chi connectivity index (χ2n) is 6.46. The van der Waals surface area contributed by atoms with Gasteiger partial charge in [-0.1, -0.05) is 11.6 Å². The molecule has 1 aliphatic rings. The number of aromatic nitrogens is 3. The van der Waals surface area contributed by atoms with Crippen molar-refractivity contribution >= 4 is 56.0 Å². The maximum absolute atomic E-state index is 12.5. The zero-order valence-corrected chi connectivity index (χ0v) is 16.7. The Morgan fingerprint density at radius 2 is 1.96 bits per heavy atom. The first kappa shape index (κ1) is 18.1. The highest BCUT2D eigenvalue weighted by Gasteiger charge is 2.26. The predicted molar refractivity (Wildman–Crippen MR) is 110 cm³/mol. The van der Waals surface area contributed by atoms with Gasteiger partial charge >= 0.3 is 0 Å². The highest BCUT2D eigenvalue weighted by atomic mass is 79.9. The lowest BCUT2D eigenvalue weighted by atomic mass is 9.95. The molecular formula is C19H17BrClN5O. The van der Waals surface area contributed by atoms with E-state index in [9.17, 15) is 4.79 Å². The van der Waals surface area contributed by atoms with Gasteiger partial charge in [-0.05, 0) is 53.0 Å². The smallest absolute Gasteiger partial charge is 0.228 e. The minimum Gasteiger partial charge on any atom is -0.370 e. The Balaban J connectivity index is 1.43. The molecule has 6 nitrogen and oxygen atoms in total. The molecule has 0 aromatic carbocycles. The van der Waals surface area contributed by atoms with Crippen molar-refractivity contribution in [1.29, 1.82) is 0 Å². The molecule has 0 radical (unpaired) electrons. The summed E-state index contributed by atoms with van der Waals surface area (Å²) in [7, 11) is 0. The van der Waals surface area contributed by atoms with Crippen LogP contribution in [0.25, 0.3) is 11.0 Å². The number of anilines is 2. The van der Waals surface area contributed by atoms with Gasteiger partial charge in [-0.15, -0.1) is 0 Å². The number of pyridine rings is 3. The number of halogens is 2. The number of hydrogen-bond acceptors (Lipinski definition) is 5. The molecule has 1 fully saturated rings. The number of carbonyl (C=O) groups is 1. The van der Waals surface area contributed by atoms with Crippen LogP contribution in [-0.2, 0) is 4.79 Å². The second kappa shape index (κ2) is 7.78. The van der Waals surface area contributed by atoms with E-state index in [2.05, 4.69) is 41.1 Å². The molecule has 4 rings (SSSR count). The van der Waals surface area contributed by atoms with Crippen molar-refractivity contribution in [2.45, 2.75) is 12.8 Å². The Bertz CT molecular complexity index is 974. The molecule has 1 saturated heterocycles. The minimum atomic E-state index is -0.0334. The lowest BCUT2D eigenvalue weighted by Gasteiger charge is -2.33. The van der Waals surface area contributed by atoms with Crippen LogP contribution < -0.4 is 10.2 Å². The molecule has 1 amide bonds. The minimum absolute atomic E-state index is 0.00566. The number of piperidine rings is 1. The van der Waals surface area contributed by atoms with E-state index in [1.54, 1.807) is 24.5 Å². The molecule has 27 heavy (non-hydrogen) atoms. The molecule has 8 heteroatoms. The Morgan fingerprint density at radius 1 is 1.15 bits per heavy atom. The Hall–Kier alpha value is -2.25. The van der Waals surface area contributed by atoms with E-state index < -0.39 is 0 Å². The molecule has 0 unspecified atom stereocenters. The van der Waals surface area contributed by atoms with Gasteiger partial charge in [-0.25, -0.2) is 4.98 Å². The van der Waals surface area contributed by atoms with Crippen LogP contribution in [0, 0.1) is 5.92 Å². The summed E-state index contributed by atoms with van der Waals surface area (Å²) >= 11 is 9.26. The average Bonchev–Trinajstić information content (AvgIpc) is 2.69. The van der Waals surface area contributed by atoms with Gasteiger partial charge in [-0.2, -0.15) is 0 Å². The first-order valence-corrected chi connectivity index (χ1v) is 9.85. The zero-order valence-electron chi connectivity index (χ0n) is 14.4. The van der Waals surface area contributed by atoms with Crippen molar-refractivity contribution in [2.24, 2.45) is 5.92 Å². The van der Waals surface area contributed by atoms with Crippen LogP contribution in [0.1, 0.15) is 12.8 Å². The predicted octanol–water partition coefficient (Wildman–Crippen LogP) is 4.30.